The number of benzene rings is 2. The number of pyridine rings is 1. The summed E-state index contributed by atoms with van der Waals surface area (Å²) >= 11 is 0. The number of para-hydroxylation sites is 1. The highest BCUT2D eigenvalue weighted by molar-refractivity contribution is 5.91. The first-order valence-electron chi connectivity index (χ1n) is 28.4. The zero-order chi connectivity index (χ0) is 55.6. The predicted molar refractivity (Wildman–Crippen MR) is 300 cm³/mol. The first-order chi connectivity index (χ1) is 38.7. The van der Waals surface area contributed by atoms with Crippen LogP contribution in [0.2, 0.25) is 0 Å². The van der Waals surface area contributed by atoms with E-state index in [-0.39, 0.29) is 54.8 Å². The van der Waals surface area contributed by atoms with Crippen LogP contribution in [0.25, 0.3) is 22.5 Å². The van der Waals surface area contributed by atoms with Crippen LogP contribution in [0.5, 0.6) is 11.6 Å². The van der Waals surface area contributed by atoms with E-state index in [0.29, 0.717) is 51.7 Å². The van der Waals surface area contributed by atoms with Crippen molar-refractivity contribution in [3.63, 3.8) is 0 Å². The van der Waals surface area contributed by atoms with Gasteiger partial charge in [0.25, 0.3) is 0 Å². The van der Waals surface area contributed by atoms with E-state index in [1.807, 2.05) is 75.5 Å². The van der Waals surface area contributed by atoms with Crippen LogP contribution >= 0.6 is 0 Å². The van der Waals surface area contributed by atoms with E-state index in [4.69, 9.17) is 19.7 Å². The predicted octanol–water partition coefficient (Wildman–Crippen LogP) is 6.57. The van der Waals surface area contributed by atoms with Gasteiger partial charge in [-0.2, -0.15) is 5.10 Å². The molecule has 11 rings (SSSR count). The van der Waals surface area contributed by atoms with Crippen LogP contribution in [0, 0.1) is 17.7 Å². The molecular weight excluding hydrogens is 1020 g/mol. The number of aromatic hydroxyl groups is 1. The molecule has 0 radical (unpaired) electrons. The molecule has 4 aromatic heterocycles. The number of aryl methyl sites for hydroxylation is 1. The van der Waals surface area contributed by atoms with Gasteiger partial charge in [-0.25, -0.2) is 9.37 Å². The Balaban J connectivity index is 0.590. The average molecular weight is 1100 g/mol. The fraction of sp³-hybridized carbons (Fsp3) is 0.508. The molecule has 0 spiro atoms. The van der Waals surface area contributed by atoms with Crippen LogP contribution < -0.4 is 30.5 Å². The summed E-state index contributed by atoms with van der Waals surface area (Å²) < 4.78 is 34.7. The fourth-order valence-corrected chi connectivity index (χ4v) is 12.3. The Morgan fingerprint density at radius 2 is 1.59 bits per heavy atom. The maximum atomic E-state index is 14.4. The van der Waals surface area contributed by atoms with Crippen LogP contribution in [0.1, 0.15) is 89.0 Å². The highest BCUT2D eigenvalue weighted by atomic mass is 19.1. The Bertz CT molecular complexity index is 3070. The molecule has 1 aliphatic carbocycles. The number of aliphatic hydroxyl groups is 1. The van der Waals surface area contributed by atoms with Crippen molar-refractivity contribution in [3.05, 3.63) is 102 Å². The Morgan fingerprint density at radius 1 is 0.850 bits per heavy atom. The summed E-state index contributed by atoms with van der Waals surface area (Å²) in [4.78, 5) is 43.6. The molecule has 6 aromatic rings. The monoisotopic (exact) mass is 1100 g/mol. The van der Waals surface area contributed by atoms with Crippen molar-refractivity contribution >= 4 is 34.8 Å². The normalized spacial score (nSPS) is 22.1. The second-order valence-corrected chi connectivity index (χ2v) is 22.8. The number of piperazine rings is 1. The van der Waals surface area contributed by atoms with Crippen LogP contribution in [-0.2, 0) is 21.4 Å². The number of aliphatic hydroxyl groups excluding tert-OH is 1. The molecule has 2 amide bonds. The molecule has 21 heteroatoms. The Labute approximate surface area is 466 Å². The number of anilines is 4. The van der Waals surface area contributed by atoms with E-state index in [1.54, 1.807) is 31.3 Å². The number of nitrogen functional groups attached to an aromatic ring is 1. The number of nitrogens with one attached hydrogen (secondary N) is 1. The average Bonchev–Trinajstić information content (AvgIpc) is 4.22. The van der Waals surface area contributed by atoms with Crippen molar-refractivity contribution in [3.8, 4) is 34.1 Å². The van der Waals surface area contributed by atoms with Crippen molar-refractivity contribution in [1.82, 2.24) is 45.2 Å². The summed E-state index contributed by atoms with van der Waals surface area (Å²) in [6.45, 7) is 13.6. The maximum Gasteiger partial charge on any atom is 0.243 e. The number of rotatable bonds is 17. The molecule has 80 heavy (non-hydrogen) atoms. The number of amides is 2. The van der Waals surface area contributed by atoms with Crippen LogP contribution in [0.3, 0.4) is 0 Å². The molecule has 4 saturated heterocycles. The van der Waals surface area contributed by atoms with E-state index < -0.39 is 29.9 Å². The minimum Gasteiger partial charge on any atom is -0.507 e. The summed E-state index contributed by atoms with van der Waals surface area (Å²) in [6.07, 6.45) is 8.61. The van der Waals surface area contributed by atoms with Gasteiger partial charge in [0.15, 0.2) is 23.2 Å². The van der Waals surface area contributed by atoms with Crippen molar-refractivity contribution in [2.24, 2.45) is 18.9 Å². The molecule has 2 aromatic carbocycles. The number of aromatic nitrogens is 6. The smallest absolute Gasteiger partial charge is 0.243 e. The van der Waals surface area contributed by atoms with Gasteiger partial charge in [0, 0.05) is 127 Å². The summed E-state index contributed by atoms with van der Waals surface area (Å²) in [5, 5.41) is 41.1. The van der Waals surface area contributed by atoms with Crippen LogP contribution in [0.15, 0.2) is 89.7 Å². The fourth-order valence-electron chi connectivity index (χ4n) is 12.3. The van der Waals surface area contributed by atoms with Gasteiger partial charge >= 0.3 is 0 Å². The molecular formula is C59H74FN13O7. The zero-order valence-electron chi connectivity index (χ0n) is 46.1. The number of nitrogens with two attached hydrogens (primary N) is 1. The largest absolute Gasteiger partial charge is 0.507 e. The van der Waals surface area contributed by atoms with Gasteiger partial charge in [-0.1, -0.05) is 55.4 Å². The third kappa shape index (κ3) is 12.0. The third-order valence-corrected chi connectivity index (χ3v) is 17.0. The standard InChI is InChI=1S/C59H74FN13O7/c1-36(2)55(59(77)73-35-42(74)28-50(73)58(76)64-37(3)39-9-11-40(12-10-39)56-47(60)33-63-68(56)4)52-32-53(67-80-52)72-21-14-38(15-22-72)34-69-19-16-43(17-20-69)78-44-29-45(30-44)79-54-27-41(13-18-62-54)70-23-25-71(26-24-70)49-31-48(65-66-57(49)61)46-7-5-6-8-51(46)75/h5-13,18,27,31-33,36-38,42-45,50,55,74-75H,14-17,19-26,28-30,34-35H2,1-4H3,(H2,61,66)(H,64,76)/t37-,42+,44?,45?,50-,55+/m0/s1. The van der Waals surface area contributed by atoms with Crippen molar-refractivity contribution in [1.29, 1.82) is 0 Å². The van der Waals surface area contributed by atoms with Crippen LogP contribution in [0.4, 0.5) is 27.4 Å². The number of carbonyl (C=O) groups is 2. The van der Waals surface area contributed by atoms with Gasteiger partial charge in [0.1, 0.15) is 29.5 Å². The molecule has 20 nitrogen and oxygen atoms in total. The van der Waals surface area contributed by atoms with Gasteiger partial charge in [-0.05, 0) is 74.3 Å². The Morgan fingerprint density at radius 3 is 2.30 bits per heavy atom. The van der Waals surface area contributed by atoms with Gasteiger partial charge in [-0.3, -0.25) is 14.3 Å². The van der Waals surface area contributed by atoms with Crippen molar-refractivity contribution in [2.75, 3.05) is 85.9 Å². The maximum absolute atomic E-state index is 14.4. The number of carbonyl (C=O) groups excluding carboxylic acids is 2. The number of hydrogen-bond donors (Lipinski definition) is 4. The lowest BCUT2D eigenvalue weighted by atomic mass is 9.91. The Hall–Kier alpha value is -7.36. The first kappa shape index (κ1) is 54.6. The van der Waals surface area contributed by atoms with Crippen LogP contribution in [-0.4, -0.2) is 158 Å². The Kier molecular flexibility index (Phi) is 16.2. The number of piperidine rings is 2. The van der Waals surface area contributed by atoms with E-state index in [9.17, 15) is 24.2 Å². The quantitative estimate of drug-likeness (QED) is 0.0757. The van der Waals surface area contributed by atoms with E-state index in [1.165, 1.54) is 15.8 Å². The summed E-state index contributed by atoms with van der Waals surface area (Å²) in [6, 6.07) is 20.9. The molecule has 1 saturated carbocycles. The summed E-state index contributed by atoms with van der Waals surface area (Å²) in [5.41, 5.74) is 11.2. The molecule has 8 heterocycles. The molecule has 5 fully saturated rings. The van der Waals surface area contributed by atoms with Gasteiger partial charge in [0.2, 0.25) is 17.7 Å². The van der Waals surface area contributed by atoms with Crippen molar-refractivity contribution < 1.29 is 38.2 Å². The number of halogens is 1. The first-order valence-corrected chi connectivity index (χ1v) is 28.4. The topological polar surface area (TPSA) is 230 Å². The number of phenolic OH excluding ortho intramolecular Hbond substituents is 1. The lowest BCUT2D eigenvalue weighted by molar-refractivity contribution is -0.141. The third-order valence-electron chi connectivity index (χ3n) is 17.0. The number of likely N-dealkylation sites (tertiary alicyclic amines) is 2. The van der Waals surface area contributed by atoms with E-state index in [2.05, 4.69) is 50.4 Å². The highest BCUT2D eigenvalue weighted by Gasteiger charge is 2.44. The van der Waals surface area contributed by atoms with E-state index >= 15 is 0 Å². The molecule has 424 valence electrons. The minimum atomic E-state index is -0.858. The zero-order valence-corrected chi connectivity index (χ0v) is 46.1. The number of β-amino-alcohol motifs (C(OH)–C–C–N with tert-alkyl or cyclic N) is 1. The number of ether oxygens (including phenoxy) is 2. The van der Waals surface area contributed by atoms with Gasteiger partial charge < -0.3 is 59.8 Å². The molecule has 0 unspecified atom stereocenters. The van der Waals surface area contributed by atoms with Crippen molar-refractivity contribution in [2.45, 2.75) is 108 Å². The molecule has 5 N–H and O–H groups in total. The number of nitrogens with zero attached hydrogens (tertiary/aromatic N) is 11. The second kappa shape index (κ2) is 23.8. The second-order valence-electron chi connectivity index (χ2n) is 22.8. The lowest BCUT2D eigenvalue weighted by Crippen LogP contribution is -2.48. The summed E-state index contributed by atoms with van der Waals surface area (Å²) in [5.74, 6) is 0.993. The molecule has 4 atom stereocenters. The number of hydrogen-bond acceptors (Lipinski definition) is 17. The molecule has 5 aliphatic rings. The minimum absolute atomic E-state index is 0.0443. The molecule has 4 aliphatic heterocycles. The summed E-state index contributed by atoms with van der Waals surface area (Å²) in [7, 11) is 1.68. The lowest BCUT2D eigenvalue weighted by Gasteiger charge is -2.41. The number of phenols is 1. The van der Waals surface area contributed by atoms with E-state index in [0.717, 1.165) is 114 Å². The highest BCUT2D eigenvalue weighted by Crippen LogP contribution is 2.37. The molecule has 0 bridgehead atoms. The SMILES string of the molecule is CC(C)[C@@H](C(=O)N1C[C@H](O)C[C@H]1C(=O)N[C@@H](C)c1ccc(-c2c(F)cnn2C)cc1)c1cc(N2CCC(CN3CCC(OC4CC(Oc5cc(N6CCN(c7cc(-c8ccccc8O)nnc7N)CC6)ccn5)C4)CC3)CC2)no1. The van der Waals surface area contributed by atoms with Gasteiger partial charge in [-0.15, -0.1) is 10.2 Å². The van der Waals surface area contributed by atoms with Gasteiger partial charge in [0.05, 0.1) is 41.9 Å².